The number of nitrogens with zero attached hydrogens (tertiary/aromatic N) is 3. The van der Waals surface area contributed by atoms with Gasteiger partial charge in [0.1, 0.15) is 17.3 Å². The Hall–Kier alpha value is -5.44. The van der Waals surface area contributed by atoms with Gasteiger partial charge in [-0.15, -0.1) is 0 Å². The largest absolute Gasteiger partial charge is 0.493 e. The second-order valence-corrected chi connectivity index (χ2v) is 23.7. The van der Waals surface area contributed by atoms with Crippen LogP contribution in [0.3, 0.4) is 0 Å². The first-order valence-corrected chi connectivity index (χ1v) is 26.7. The van der Waals surface area contributed by atoms with Crippen LogP contribution >= 0.6 is 11.6 Å². The molecule has 1 saturated heterocycles. The van der Waals surface area contributed by atoms with Crippen molar-refractivity contribution in [2.45, 2.75) is 110 Å². The Balaban J connectivity index is 1.22. The van der Waals surface area contributed by atoms with E-state index in [4.69, 9.17) is 40.1 Å². The van der Waals surface area contributed by atoms with Gasteiger partial charge in [-0.1, -0.05) is 118 Å². The lowest BCUT2D eigenvalue weighted by Gasteiger charge is -2.43. The van der Waals surface area contributed by atoms with Crippen LogP contribution in [0, 0.1) is 5.82 Å². The van der Waals surface area contributed by atoms with Crippen LogP contribution in [0.1, 0.15) is 94.2 Å². The molecule has 8 rings (SSSR count). The van der Waals surface area contributed by atoms with Gasteiger partial charge in [0.05, 0.1) is 48.4 Å². The Morgan fingerprint density at radius 3 is 2.27 bits per heavy atom. The number of alkyl halides is 2. The van der Waals surface area contributed by atoms with Gasteiger partial charge in [0, 0.05) is 48.5 Å². The number of rotatable bonds is 20. The lowest BCUT2D eigenvalue weighted by atomic mass is 9.97. The van der Waals surface area contributed by atoms with E-state index in [1.54, 1.807) is 28.3 Å². The molecule has 0 N–H and O–H groups in total. The van der Waals surface area contributed by atoms with Gasteiger partial charge in [-0.2, -0.15) is 5.10 Å². The number of esters is 1. The maximum atomic E-state index is 17.1. The van der Waals surface area contributed by atoms with Crippen molar-refractivity contribution in [2.75, 3.05) is 26.4 Å². The molecule has 0 bridgehead atoms. The second-order valence-electron chi connectivity index (χ2n) is 19.0. The monoisotopic (exact) mass is 993 g/mol. The quantitative estimate of drug-likeness (QED) is 0.0427. The Morgan fingerprint density at radius 2 is 1.61 bits per heavy atom. The number of aromatic nitrogens is 3. The molecular weight excluding hydrogens is 931 g/mol. The minimum absolute atomic E-state index is 0.0635. The summed E-state index contributed by atoms with van der Waals surface area (Å²) < 4.78 is 83.0. The van der Waals surface area contributed by atoms with Crippen molar-refractivity contribution in [3.05, 3.63) is 143 Å². The Morgan fingerprint density at radius 1 is 0.900 bits per heavy atom. The zero-order chi connectivity index (χ0) is 49.6. The molecule has 1 atom stereocenters. The van der Waals surface area contributed by atoms with Crippen LogP contribution in [0.15, 0.2) is 109 Å². The average molecular weight is 995 g/mol. The summed E-state index contributed by atoms with van der Waals surface area (Å²) in [5.74, 6) is -3.74. The van der Waals surface area contributed by atoms with Crippen molar-refractivity contribution in [1.82, 2.24) is 14.3 Å². The molecule has 370 valence electrons. The summed E-state index contributed by atoms with van der Waals surface area (Å²) in [5, 5.41) is 8.70. The lowest BCUT2D eigenvalue weighted by molar-refractivity contribution is -0.169. The molecule has 1 aliphatic rings. The van der Waals surface area contributed by atoms with E-state index in [0.717, 1.165) is 52.0 Å². The van der Waals surface area contributed by atoms with Crippen LogP contribution in [0.4, 0.5) is 13.2 Å². The summed E-state index contributed by atoms with van der Waals surface area (Å²) in [4.78, 5) is 14.5. The normalized spacial score (nSPS) is 14.7. The number of fused-ring (bicyclic) bond motifs is 2. The molecule has 9 nitrogen and oxygen atoms in total. The Kier molecular flexibility index (Phi) is 15.9. The summed E-state index contributed by atoms with van der Waals surface area (Å²) in [6.45, 7) is 9.85. The van der Waals surface area contributed by atoms with Gasteiger partial charge in [0.2, 0.25) is 0 Å². The molecule has 0 aliphatic carbocycles. The molecule has 7 aromatic rings. The number of benzene rings is 5. The van der Waals surface area contributed by atoms with Crippen molar-refractivity contribution in [3.8, 4) is 16.9 Å². The van der Waals surface area contributed by atoms with Crippen molar-refractivity contribution in [2.24, 2.45) is 7.05 Å². The van der Waals surface area contributed by atoms with E-state index in [1.165, 1.54) is 12.1 Å². The van der Waals surface area contributed by atoms with Crippen LogP contribution in [0.25, 0.3) is 32.8 Å². The van der Waals surface area contributed by atoms with Gasteiger partial charge < -0.3 is 27.9 Å². The van der Waals surface area contributed by atoms with Crippen LogP contribution in [0.5, 0.6) is 5.75 Å². The molecule has 0 spiro atoms. The Labute approximate surface area is 414 Å². The molecule has 5 aromatic carbocycles. The fourth-order valence-electron chi connectivity index (χ4n) is 10.1. The minimum Gasteiger partial charge on any atom is -0.493 e. The third-order valence-electron chi connectivity index (χ3n) is 13.4. The third-order valence-corrected chi connectivity index (χ3v) is 18.7. The van der Waals surface area contributed by atoms with Gasteiger partial charge in [0.15, 0.2) is 6.29 Å². The van der Waals surface area contributed by atoms with E-state index in [-0.39, 0.29) is 44.2 Å². The number of carbonyl (C=O) groups excluding carboxylic acids is 1. The van der Waals surface area contributed by atoms with E-state index in [1.807, 2.05) is 98.9 Å². The number of aryl methyl sites for hydroxylation is 4. The van der Waals surface area contributed by atoms with E-state index in [2.05, 4.69) is 20.8 Å². The van der Waals surface area contributed by atoms with E-state index < -0.39 is 38.3 Å². The second kappa shape index (κ2) is 21.9. The molecule has 0 amide bonds. The van der Waals surface area contributed by atoms with Crippen LogP contribution in [-0.4, -0.2) is 67.3 Å². The number of ether oxygens (including phenoxy) is 4. The van der Waals surface area contributed by atoms with Gasteiger partial charge in [-0.3, -0.25) is 4.68 Å². The third kappa shape index (κ3) is 10.6. The molecule has 0 radical (unpaired) electrons. The number of halogens is 4. The number of carbonyl (C=O) groups is 1. The highest BCUT2D eigenvalue weighted by Gasteiger charge is 2.52. The molecule has 70 heavy (non-hydrogen) atoms. The zero-order valence-electron chi connectivity index (χ0n) is 41.0. The summed E-state index contributed by atoms with van der Waals surface area (Å²) in [7, 11) is -1.49. The summed E-state index contributed by atoms with van der Waals surface area (Å²) in [6, 6.07) is 33.1. The van der Waals surface area contributed by atoms with Crippen molar-refractivity contribution < 1.29 is 41.3 Å². The number of hydrogen-bond donors (Lipinski definition) is 0. The SMILES string of the molecule is CCOC(=O)c1c(CCCOc2cccc3cc(F)ccc23)c2ccc(Cl)c(-c3c(CC)nn(C)c3CO[C@@H]3CCCCO3)c2n1CCC(F)(F)CO[Si](c1ccccc1)(c1ccccc1)C(C)(C)C. The first kappa shape index (κ1) is 50.9. The smallest absolute Gasteiger partial charge is 0.355 e. The van der Waals surface area contributed by atoms with Crippen molar-refractivity contribution in [3.63, 3.8) is 0 Å². The maximum absolute atomic E-state index is 17.1. The maximum Gasteiger partial charge on any atom is 0.355 e. The molecule has 1 aliphatic heterocycles. The van der Waals surface area contributed by atoms with E-state index >= 15 is 8.78 Å². The highest BCUT2D eigenvalue weighted by molar-refractivity contribution is 6.99. The fraction of sp³-hybridized carbons (Fsp3) is 0.393. The van der Waals surface area contributed by atoms with E-state index in [0.29, 0.717) is 64.1 Å². The Bertz CT molecular complexity index is 2870. The molecule has 3 heterocycles. The predicted octanol–water partition coefficient (Wildman–Crippen LogP) is 12.4. The van der Waals surface area contributed by atoms with Crippen molar-refractivity contribution >= 4 is 57.9 Å². The summed E-state index contributed by atoms with van der Waals surface area (Å²) >= 11 is 7.33. The topological polar surface area (TPSA) is 86.0 Å². The molecule has 14 heteroatoms. The highest BCUT2D eigenvalue weighted by Crippen LogP contribution is 2.44. The highest BCUT2D eigenvalue weighted by atomic mass is 35.5. The summed E-state index contributed by atoms with van der Waals surface area (Å²) in [6.07, 6.45) is 2.97. The van der Waals surface area contributed by atoms with Crippen LogP contribution in [-0.2, 0) is 51.7 Å². The summed E-state index contributed by atoms with van der Waals surface area (Å²) in [5.41, 5.74) is 4.06. The molecular formula is C56H63ClF3N3O6Si. The molecule has 2 aromatic heterocycles. The predicted molar refractivity (Wildman–Crippen MR) is 274 cm³/mol. The molecule has 0 unspecified atom stereocenters. The van der Waals surface area contributed by atoms with Gasteiger partial charge in [0.25, 0.3) is 14.2 Å². The van der Waals surface area contributed by atoms with Crippen molar-refractivity contribution in [1.29, 1.82) is 0 Å². The first-order chi connectivity index (χ1) is 33.7. The average Bonchev–Trinajstić information content (AvgIpc) is 3.84. The number of hydrogen-bond acceptors (Lipinski definition) is 7. The van der Waals surface area contributed by atoms with Gasteiger partial charge in [-0.25, -0.2) is 18.0 Å². The van der Waals surface area contributed by atoms with Crippen LogP contribution < -0.4 is 15.1 Å². The van der Waals surface area contributed by atoms with Gasteiger partial charge in [-0.05, 0) is 102 Å². The molecule has 0 saturated carbocycles. The zero-order valence-corrected chi connectivity index (χ0v) is 42.7. The first-order valence-electron chi connectivity index (χ1n) is 24.4. The van der Waals surface area contributed by atoms with Crippen LogP contribution in [0.2, 0.25) is 10.1 Å². The van der Waals surface area contributed by atoms with E-state index in [9.17, 15) is 9.18 Å². The molecule has 1 fully saturated rings. The standard InChI is InChI=1S/C56H63ClF3N3O6Si/c1-7-46-51(47(62(6)61-46)36-68-49-26-15-16-33-67-49)50-45(57)30-29-44-43(24-18-34-66-48-25-17-19-38-35-39(58)27-28-42(38)48)53(54(64)65-8-2)63(52(44)50)32-31-56(59,60)37-69-70(55(3,4)5,40-20-11-9-12-21-40)41-22-13-10-14-23-41/h9-14,17,19-23,25,27-30,35,49H,7-8,15-16,18,24,26,31-34,36-37H2,1-6H3/t49-/m1/s1. The van der Waals surface area contributed by atoms with Gasteiger partial charge >= 0.3 is 5.97 Å². The fourth-order valence-corrected chi connectivity index (χ4v) is 14.9. The minimum atomic E-state index is -3.36. The lowest BCUT2D eigenvalue weighted by Crippen LogP contribution is -2.67.